The number of ether oxygens (including phenoxy) is 2. The quantitative estimate of drug-likeness (QED) is 0.213. The molecule has 3 aromatic carbocycles. The van der Waals surface area contributed by atoms with Gasteiger partial charge in [-0.2, -0.15) is 10.2 Å². The minimum absolute atomic E-state index is 0.00928. The van der Waals surface area contributed by atoms with Gasteiger partial charge in [-0.1, -0.05) is 18.2 Å². The molecular weight excluding hydrogens is 500 g/mol. The lowest BCUT2D eigenvalue weighted by Crippen LogP contribution is -2.15. The highest BCUT2D eigenvalue weighted by molar-refractivity contribution is 7.89. The van der Waals surface area contributed by atoms with Crippen LogP contribution in [0.15, 0.2) is 82.9 Å². The molecule has 4 aromatic rings. The molecule has 3 N–H and O–H groups in total. The molecule has 1 aliphatic rings. The lowest BCUT2D eigenvalue weighted by Gasteiger charge is -2.18. The topological polar surface area (TPSA) is 164 Å². The number of nitro benzene ring substituents is 1. The van der Waals surface area contributed by atoms with Crippen molar-refractivity contribution in [3.05, 3.63) is 88.6 Å². The van der Waals surface area contributed by atoms with E-state index in [4.69, 9.17) is 19.7 Å². The van der Waals surface area contributed by atoms with E-state index in [0.29, 0.717) is 36.0 Å². The molecule has 1 aromatic heterocycles. The van der Waals surface area contributed by atoms with Gasteiger partial charge in [0.1, 0.15) is 24.6 Å². The summed E-state index contributed by atoms with van der Waals surface area (Å²) in [5, 5.41) is 25.5. The molecule has 0 saturated heterocycles. The number of hydrogen-bond acceptors (Lipinski definition) is 9. The zero-order chi connectivity index (χ0) is 26.0. The van der Waals surface area contributed by atoms with E-state index in [0.717, 1.165) is 23.4 Å². The van der Waals surface area contributed by atoms with Crippen LogP contribution in [0.4, 0.5) is 11.4 Å². The zero-order valence-electron chi connectivity index (χ0n) is 19.1. The van der Waals surface area contributed by atoms with Gasteiger partial charge in [-0.3, -0.25) is 15.5 Å². The maximum absolute atomic E-state index is 11.6. The molecule has 13 heteroatoms. The first kappa shape index (κ1) is 24.0. The summed E-state index contributed by atoms with van der Waals surface area (Å²) >= 11 is 0. The standard InChI is InChI=1S/C24H20N6O6S/c25-37(33,34)19-7-8-20(21(13-19)30(31)32)27-26-14-17-15-29(18-4-2-1-3-5-18)28-24(17)16-6-9-22-23(12-16)36-11-10-35-22/h1-9,12-15,27H,10-11H2,(H2,25,33,34)/b26-14-. The molecule has 0 amide bonds. The number of para-hydroxylation sites is 1. The Labute approximate surface area is 211 Å². The fourth-order valence-electron chi connectivity index (χ4n) is 3.72. The highest BCUT2D eigenvalue weighted by atomic mass is 32.2. The van der Waals surface area contributed by atoms with Crippen LogP contribution in [0.2, 0.25) is 0 Å². The predicted octanol–water partition coefficient (Wildman–Crippen LogP) is 3.31. The summed E-state index contributed by atoms with van der Waals surface area (Å²) in [5.74, 6) is 1.24. The normalized spacial score (nSPS) is 13.0. The maximum atomic E-state index is 11.6. The summed E-state index contributed by atoms with van der Waals surface area (Å²) in [7, 11) is -4.11. The number of fused-ring (bicyclic) bond motifs is 1. The van der Waals surface area contributed by atoms with Gasteiger partial charge in [0, 0.05) is 23.4 Å². The molecule has 0 fully saturated rings. The molecule has 0 aliphatic carbocycles. The van der Waals surface area contributed by atoms with Crippen LogP contribution in [0, 0.1) is 10.1 Å². The third kappa shape index (κ3) is 5.12. The molecule has 0 saturated carbocycles. The van der Waals surface area contributed by atoms with E-state index < -0.39 is 20.6 Å². The van der Waals surface area contributed by atoms with Crippen LogP contribution < -0.4 is 20.0 Å². The highest BCUT2D eigenvalue weighted by Gasteiger charge is 2.20. The number of nitrogens with two attached hydrogens (primary N) is 1. The van der Waals surface area contributed by atoms with Gasteiger partial charge in [-0.05, 0) is 42.5 Å². The summed E-state index contributed by atoms with van der Waals surface area (Å²) in [6.45, 7) is 0.916. The van der Waals surface area contributed by atoms with Crippen molar-refractivity contribution in [2.45, 2.75) is 4.90 Å². The fourth-order valence-corrected chi connectivity index (χ4v) is 4.25. The first-order valence-corrected chi connectivity index (χ1v) is 12.5. The molecule has 0 bridgehead atoms. The number of hydrazone groups is 1. The van der Waals surface area contributed by atoms with Crippen molar-refractivity contribution in [3.63, 3.8) is 0 Å². The van der Waals surface area contributed by atoms with E-state index in [1.165, 1.54) is 12.3 Å². The monoisotopic (exact) mass is 520 g/mol. The molecule has 188 valence electrons. The number of sulfonamides is 1. The lowest BCUT2D eigenvalue weighted by molar-refractivity contribution is -0.384. The minimum Gasteiger partial charge on any atom is -0.486 e. The Morgan fingerprint density at radius 2 is 1.81 bits per heavy atom. The second-order valence-electron chi connectivity index (χ2n) is 7.92. The Balaban J connectivity index is 1.51. The van der Waals surface area contributed by atoms with Crippen LogP contribution in [-0.2, 0) is 10.0 Å². The largest absolute Gasteiger partial charge is 0.486 e. The number of aromatic nitrogens is 2. The number of nitro groups is 1. The molecule has 2 heterocycles. The maximum Gasteiger partial charge on any atom is 0.295 e. The van der Waals surface area contributed by atoms with E-state index in [1.54, 1.807) is 16.9 Å². The number of anilines is 1. The van der Waals surface area contributed by atoms with E-state index in [9.17, 15) is 18.5 Å². The molecule has 5 rings (SSSR count). The Kier molecular flexibility index (Phi) is 6.29. The van der Waals surface area contributed by atoms with Crippen LogP contribution in [0.3, 0.4) is 0 Å². The number of rotatable bonds is 7. The summed E-state index contributed by atoms with van der Waals surface area (Å²) in [6.07, 6.45) is 3.24. The fraction of sp³-hybridized carbons (Fsp3) is 0.0833. The van der Waals surface area contributed by atoms with Gasteiger partial charge in [0.15, 0.2) is 11.5 Å². The van der Waals surface area contributed by atoms with Crippen molar-refractivity contribution in [2.75, 3.05) is 18.6 Å². The van der Waals surface area contributed by atoms with Crippen molar-refractivity contribution in [2.24, 2.45) is 10.2 Å². The van der Waals surface area contributed by atoms with Crippen molar-refractivity contribution >= 4 is 27.6 Å². The van der Waals surface area contributed by atoms with Gasteiger partial charge in [0.25, 0.3) is 5.69 Å². The third-order valence-corrected chi connectivity index (χ3v) is 6.37. The summed E-state index contributed by atoms with van der Waals surface area (Å²) in [6, 6.07) is 18.2. The highest BCUT2D eigenvalue weighted by Crippen LogP contribution is 2.35. The van der Waals surface area contributed by atoms with Gasteiger partial charge in [-0.15, -0.1) is 0 Å². The molecule has 0 atom stereocenters. The first-order chi connectivity index (χ1) is 17.8. The van der Waals surface area contributed by atoms with Crippen LogP contribution in [0.1, 0.15) is 5.56 Å². The van der Waals surface area contributed by atoms with Crippen molar-refractivity contribution in [1.29, 1.82) is 0 Å². The lowest BCUT2D eigenvalue weighted by atomic mass is 10.1. The number of benzene rings is 3. The van der Waals surface area contributed by atoms with E-state index in [-0.39, 0.29) is 10.6 Å². The average Bonchev–Trinajstić information content (AvgIpc) is 3.32. The Bertz CT molecular complexity index is 1620. The Morgan fingerprint density at radius 1 is 1.05 bits per heavy atom. The molecular formula is C24H20N6O6S. The van der Waals surface area contributed by atoms with Crippen molar-refractivity contribution in [3.8, 4) is 28.4 Å². The summed E-state index contributed by atoms with van der Waals surface area (Å²) in [4.78, 5) is 10.4. The third-order valence-electron chi connectivity index (χ3n) is 5.46. The molecule has 1 aliphatic heterocycles. The van der Waals surface area contributed by atoms with Crippen molar-refractivity contribution in [1.82, 2.24) is 9.78 Å². The van der Waals surface area contributed by atoms with Crippen LogP contribution >= 0.6 is 0 Å². The number of primary sulfonamides is 1. The number of hydrogen-bond donors (Lipinski definition) is 2. The molecule has 0 spiro atoms. The van der Waals surface area contributed by atoms with E-state index in [2.05, 4.69) is 10.5 Å². The Hall–Kier alpha value is -4.75. The van der Waals surface area contributed by atoms with E-state index in [1.807, 2.05) is 42.5 Å². The van der Waals surface area contributed by atoms with Gasteiger partial charge >= 0.3 is 0 Å². The van der Waals surface area contributed by atoms with Crippen molar-refractivity contribution < 1.29 is 22.8 Å². The van der Waals surface area contributed by atoms with Crippen LogP contribution in [0.25, 0.3) is 16.9 Å². The van der Waals surface area contributed by atoms with Gasteiger partial charge < -0.3 is 9.47 Å². The summed E-state index contributed by atoms with van der Waals surface area (Å²) < 4.78 is 36.2. The second kappa shape index (κ2) is 9.72. The van der Waals surface area contributed by atoms with Gasteiger partial charge in [0.05, 0.1) is 21.7 Å². The predicted molar refractivity (Wildman–Crippen MR) is 136 cm³/mol. The van der Waals surface area contributed by atoms with Gasteiger partial charge in [-0.25, -0.2) is 18.2 Å². The molecule has 12 nitrogen and oxygen atoms in total. The van der Waals surface area contributed by atoms with E-state index >= 15 is 0 Å². The van der Waals surface area contributed by atoms with Gasteiger partial charge in [0.2, 0.25) is 10.0 Å². The zero-order valence-corrected chi connectivity index (χ0v) is 20.0. The number of nitrogens with zero attached hydrogens (tertiary/aromatic N) is 4. The summed E-state index contributed by atoms with van der Waals surface area (Å²) in [5.41, 5.74) is 4.88. The Morgan fingerprint density at radius 3 is 2.54 bits per heavy atom. The SMILES string of the molecule is NS(=O)(=O)c1ccc(N/N=C\c2cn(-c3ccccc3)nc2-c2ccc3c(c2)OCCO3)c([N+](=O)[O-])c1. The molecule has 0 unspecified atom stereocenters. The second-order valence-corrected chi connectivity index (χ2v) is 9.48. The van der Waals surface area contributed by atoms with Crippen LogP contribution in [0.5, 0.6) is 11.5 Å². The first-order valence-electron chi connectivity index (χ1n) is 10.9. The number of nitrogens with one attached hydrogen (secondary N) is 1. The molecule has 0 radical (unpaired) electrons. The molecule has 37 heavy (non-hydrogen) atoms. The average molecular weight is 521 g/mol. The minimum atomic E-state index is -4.11. The van der Waals surface area contributed by atoms with Crippen LogP contribution in [-0.4, -0.2) is 42.5 Å². The smallest absolute Gasteiger partial charge is 0.295 e.